The predicted octanol–water partition coefficient (Wildman–Crippen LogP) is 6.47. The van der Waals surface area contributed by atoms with Gasteiger partial charge < -0.3 is 14.8 Å². The molecular formula is C26H20BrFN4O2S. The molecule has 3 aromatic carbocycles. The van der Waals surface area contributed by atoms with Gasteiger partial charge >= 0.3 is 0 Å². The number of aromatic nitrogens is 3. The predicted molar refractivity (Wildman–Crippen MR) is 137 cm³/mol. The molecule has 1 aromatic heterocycles. The number of ether oxygens (including phenoxy) is 2. The number of hydrogen-bond acceptors (Lipinski definition) is 6. The quantitative estimate of drug-likeness (QED) is 0.294. The Morgan fingerprint density at radius 3 is 2.69 bits per heavy atom. The summed E-state index contributed by atoms with van der Waals surface area (Å²) in [6, 6.07) is 19.8. The van der Waals surface area contributed by atoms with Crippen LogP contribution in [0, 0.1) is 5.82 Å². The summed E-state index contributed by atoms with van der Waals surface area (Å²) in [5.74, 6) is 1.62. The van der Waals surface area contributed by atoms with Crippen LogP contribution in [0.2, 0.25) is 0 Å². The van der Waals surface area contributed by atoms with Crippen molar-refractivity contribution in [1.29, 1.82) is 0 Å². The molecule has 3 heterocycles. The van der Waals surface area contributed by atoms with E-state index in [-0.39, 0.29) is 5.82 Å². The molecule has 0 spiro atoms. The lowest BCUT2D eigenvalue weighted by Gasteiger charge is -2.39. The maximum absolute atomic E-state index is 15.4. The van der Waals surface area contributed by atoms with Crippen molar-refractivity contribution in [3.05, 3.63) is 99.3 Å². The highest BCUT2D eigenvalue weighted by Crippen LogP contribution is 2.52. The van der Waals surface area contributed by atoms with Gasteiger partial charge in [0, 0.05) is 26.7 Å². The largest absolute Gasteiger partial charge is 0.496 e. The molecule has 0 radical (unpaired) electrons. The van der Waals surface area contributed by atoms with Gasteiger partial charge in [0.15, 0.2) is 6.10 Å². The van der Waals surface area contributed by atoms with Crippen LogP contribution < -0.4 is 14.8 Å². The van der Waals surface area contributed by atoms with Crippen LogP contribution in [0.3, 0.4) is 0 Å². The minimum atomic E-state index is -0.585. The topological polar surface area (TPSA) is 61.2 Å². The number of methoxy groups -OCH3 is 1. The molecule has 35 heavy (non-hydrogen) atoms. The lowest BCUT2D eigenvalue weighted by Crippen LogP contribution is -2.33. The number of nitrogens with one attached hydrogen (secondary N) is 1. The summed E-state index contributed by atoms with van der Waals surface area (Å²) in [5.41, 5.74) is 3.85. The van der Waals surface area contributed by atoms with E-state index >= 15 is 4.39 Å². The van der Waals surface area contributed by atoms with Crippen LogP contribution in [0.5, 0.6) is 11.5 Å². The summed E-state index contributed by atoms with van der Waals surface area (Å²) in [6.45, 7) is 0. The number of anilines is 1. The van der Waals surface area contributed by atoms with Crippen LogP contribution in [-0.2, 0) is 0 Å². The maximum Gasteiger partial charge on any atom is 0.227 e. The lowest BCUT2D eigenvalue weighted by atomic mass is 9.84. The zero-order valence-electron chi connectivity index (χ0n) is 18.8. The van der Waals surface area contributed by atoms with E-state index in [2.05, 4.69) is 26.2 Å². The summed E-state index contributed by atoms with van der Waals surface area (Å²) in [4.78, 5) is 4.66. The summed E-state index contributed by atoms with van der Waals surface area (Å²) >= 11 is 5.02. The molecule has 2 aliphatic rings. The van der Waals surface area contributed by atoms with Crippen molar-refractivity contribution in [2.45, 2.75) is 17.3 Å². The smallest absolute Gasteiger partial charge is 0.227 e. The van der Waals surface area contributed by atoms with Gasteiger partial charge in [-0.1, -0.05) is 58.0 Å². The molecule has 0 unspecified atom stereocenters. The molecule has 0 amide bonds. The first-order valence-electron chi connectivity index (χ1n) is 10.9. The van der Waals surface area contributed by atoms with E-state index in [0.29, 0.717) is 22.4 Å². The van der Waals surface area contributed by atoms with Crippen molar-refractivity contribution < 1.29 is 13.9 Å². The van der Waals surface area contributed by atoms with Gasteiger partial charge in [0.2, 0.25) is 11.1 Å². The summed E-state index contributed by atoms with van der Waals surface area (Å²) in [7, 11) is 1.63. The van der Waals surface area contributed by atoms with Crippen LogP contribution in [0.4, 0.5) is 10.3 Å². The Hall–Kier alpha value is -3.30. The van der Waals surface area contributed by atoms with Crippen molar-refractivity contribution in [1.82, 2.24) is 14.8 Å². The third-order valence-corrected chi connectivity index (χ3v) is 7.25. The van der Waals surface area contributed by atoms with Gasteiger partial charge in [-0.2, -0.15) is 4.98 Å². The first kappa shape index (κ1) is 22.2. The van der Waals surface area contributed by atoms with Crippen molar-refractivity contribution in [2.75, 3.05) is 18.7 Å². The van der Waals surface area contributed by atoms with Crippen LogP contribution in [0.15, 0.2) is 81.9 Å². The Labute approximate surface area is 214 Å². The highest BCUT2D eigenvalue weighted by Gasteiger charge is 2.43. The van der Waals surface area contributed by atoms with Crippen molar-refractivity contribution >= 4 is 39.3 Å². The molecule has 9 heteroatoms. The highest BCUT2D eigenvalue weighted by atomic mass is 79.9. The van der Waals surface area contributed by atoms with E-state index < -0.39 is 12.1 Å². The molecule has 0 fully saturated rings. The molecule has 0 saturated carbocycles. The van der Waals surface area contributed by atoms with E-state index in [0.717, 1.165) is 32.6 Å². The fourth-order valence-electron chi connectivity index (χ4n) is 4.71. The van der Waals surface area contributed by atoms with Crippen molar-refractivity contribution in [3.63, 3.8) is 0 Å². The van der Waals surface area contributed by atoms with Crippen LogP contribution >= 0.6 is 27.7 Å². The second-order valence-electron chi connectivity index (χ2n) is 8.13. The number of benzene rings is 3. The fraction of sp³-hybridized carbons (Fsp3) is 0.154. The van der Waals surface area contributed by atoms with Gasteiger partial charge in [-0.3, -0.25) is 0 Å². The summed E-state index contributed by atoms with van der Waals surface area (Å²) < 4.78 is 30.4. The average Bonchev–Trinajstić information content (AvgIpc) is 3.30. The van der Waals surface area contributed by atoms with Gasteiger partial charge in [0.25, 0.3) is 0 Å². The first-order valence-corrected chi connectivity index (χ1v) is 13.0. The SMILES string of the molecule is COc1ccc(Br)cc1[C@@H]1Oc2ccccc2C2=C1[C@@H](c1ccccc1F)n1nc(SC)nc1N2. The van der Waals surface area contributed by atoms with Crippen LogP contribution in [0.25, 0.3) is 5.70 Å². The van der Waals surface area contributed by atoms with E-state index in [1.165, 1.54) is 17.8 Å². The summed E-state index contributed by atoms with van der Waals surface area (Å²) in [6.07, 6.45) is 1.35. The Bertz CT molecular complexity index is 1490. The van der Waals surface area contributed by atoms with Gasteiger partial charge in [-0.15, -0.1) is 5.10 Å². The molecule has 1 N–H and O–H groups in total. The number of nitrogens with zero attached hydrogens (tertiary/aromatic N) is 3. The molecular weight excluding hydrogens is 531 g/mol. The van der Waals surface area contributed by atoms with Crippen molar-refractivity contribution in [3.8, 4) is 11.5 Å². The Kier molecular flexibility index (Phi) is 5.53. The molecule has 176 valence electrons. The fourth-order valence-corrected chi connectivity index (χ4v) is 5.43. The van der Waals surface area contributed by atoms with E-state index in [1.54, 1.807) is 23.9 Å². The van der Waals surface area contributed by atoms with E-state index in [4.69, 9.17) is 14.6 Å². The van der Waals surface area contributed by atoms with Crippen LogP contribution in [0.1, 0.15) is 28.8 Å². The standard InChI is InChI=1S/C26H20BrFN4O2S/c1-33-19-12-11-14(27)13-17(19)24-21-22(16-8-4-6-10-20(16)34-24)29-25-30-26(35-2)31-32(25)23(21)15-7-3-5-9-18(15)28/h3-13,23-24H,1-2H3,(H,29,30,31)/t23-,24+/m1/s1. The minimum absolute atomic E-state index is 0.322. The van der Waals surface area contributed by atoms with Crippen LogP contribution in [-0.4, -0.2) is 28.1 Å². The number of thioether (sulfide) groups is 1. The Balaban J connectivity index is 1.67. The maximum atomic E-state index is 15.4. The molecule has 0 saturated heterocycles. The molecule has 6 nitrogen and oxygen atoms in total. The first-order chi connectivity index (χ1) is 17.1. The average molecular weight is 551 g/mol. The Morgan fingerprint density at radius 2 is 1.89 bits per heavy atom. The van der Waals surface area contributed by atoms with Gasteiger partial charge in [-0.25, -0.2) is 9.07 Å². The Morgan fingerprint density at radius 1 is 1.09 bits per heavy atom. The zero-order chi connectivity index (χ0) is 24.1. The molecule has 2 atom stereocenters. The lowest BCUT2D eigenvalue weighted by molar-refractivity contribution is 0.217. The number of hydrogen-bond donors (Lipinski definition) is 1. The van der Waals surface area contributed by atoms with Crippen molar-refractivity contribution in [2.24, 2.45) is 0 Å². The monoisotopic (exact) mass is 550 g/mol. The van der Waals surface area contributed by atoms with Gasteiger partial charge in [0.05, 0.1) is 12.8 Å². The van der Waals surface area contributed by atoms with Gasteiger partial charge in [-0.05, 0) is 42.7 Å². The highest BCUT2D eigenvalue weighted by molar-refractivity contribution is 9.10. The number of fused-ring (bicyclic) bond motifs is 3. The molecule has 0 aliphatic carbocycles. The number of halogens is 2. The molecule has 0 bridgehead atoms. The van der Waals surface area contributed by atoms with E-state index in [9.17, 15) is 0 Å². The van der Waals surface area contributed by atoms with E-state index in [1.807, 2.05) is 54.8 Å². The minimum Gasteiger partial charge on any atom is -0.496 e. The third-order valence-electron chi connectivity index (χ3n) is 6.22. The summed E-state index contributed by atoms with van der Waals surface area (Å²) in [5, 5.41) is 8.79. The van der Waals surface area contributed by atoms with Gasteiger partial charge in [0.1, 0.15) is 23.4 Å². The second kappa shape index (κ2) is 8.73. The number of rotatable bonds is 4. The zero-order valence-corrected chi connectivity index (χ0v) is 21.2. The second-order valence-corrected chi connectivity index (χ2v) is 9.82. The third kappa shape index (κ3) is 3.61. The molecule has 2 aliphatic heterocycles. The normalized spacial score (nSPS) is 18.2. The molecule has 6 rings (SSSR count). The number of para-hydroxylation sites is 1. The molecule has 4 aromatic rings.